The van der Waals surface area contributed by atoms with Gasteiger partial charge < -0.3 is 5.11 Å². The minimum atomic E-state index is -3.50. The van der Waals surface area contributed by atoms with E-state index in [-0.39, 0.29) is 18.6 Å². The van der Waals surface area contributed by atoms with Crippen LogP contribution in [-0.4, -0.2) is 42.5 Å². The zero-order chi connectivity index (χ0) is 14.6. The van der Waals surface area contributed by atoms with Crippen LogP contribution in [0.1, 0.15) is 31.5 Å². The third kappa shape index (κ3) is 3.76. The number of pyridine rings is 1. The normalized spacial score (nSPS) is 19.9. The van der Waals surface area contributed by atoms with Crippen LogP contribution in [0.15, 0.2) is 24.4 Å². The number of nitrogens with one attached hydrogen (secondary N) is 1. The second kappa shape index (κ2) is 6.62. The van der Waals surface area contributed by atoms with E-state index in [2.05, 4.69) is 9.71 Å². The summed E-state index contributed by atoms with van der Waals surface area (Å²) < 4.78 is 28.7. The molecule has 112 valence electrons. The first-order valence-electron chi connectivity index (χ1n) is 6.82. The summed E-state index contributed by atoms with van der Waals surface area (Å²) in [5, 5.41) is 9.08. The van der Waals surface area contributed by atoms with Crippen LogP contribution in [-0.2, 0) is 10.2 Å². The molecular formula is C13H21N3O3S. The van der Waals surface area contributed by atoms with Gasteiger partial charge in [-0.1, -0.05) is 6.07 Å². The van der Waals surface area contributed by atoms with Crippen LogP contribution in [0.25, 0.3) is 0 Å². The Kier molecular flexibility index (Phi) is 5.09. The Hall–Kier alpha value is -1.02. The van der Waals surface area contributed by atoms with Crippen LogP contribution < -0.4 is 4.72 Å². The lowest BCUT2D eigenvalue weighted by Crippen LogP contribution is -2.46. The predicted octanol–water partition coefficient (Wildman–Crippen LogP) is 0.681. The molecule has 7 heteroatoms. The number of piperidine rings is 1. The van der Waals surface area contributed by atoms with E-state index in [1.54, 1.807) is 25.3 Å². The van der Waals surface area contributed by atoms with Gasteiger partial charge in [0.05, 0.1) is 11.7 Å². The summed E-state index contributed by atoms with van der Waals surface area (Å²) >= 11 is 0. The molecule has 0 aliphatic carbocycles. The highest BCUT2D eigenvalue weighted by Gasteiger charge is 2.29. The summed E-state index contributed by atoms with van der Waals surface area (Å²) in [6, 6.07) is 5.06. The molecule has 20 heavy (non-hydrogen) atoms. The Morgan fingerprint density at radius 3 is 2.70 bits per heavy atom. The fourth-order valence-electron chi connectivity index (χ4n) is 2.32. The van der Waals surface area contributed by atoms with E-state index >= 15 is 0 Å². The van der Waals surface area contributed by atoms with E-state index in [4.69, 9.17) is 5.11 Å². The Bertz CT molecular complexity index is 513. The van der Waals surface area contributed by atoms with Crippen LogP contribution in [0.4, 0.5) is 0 Å². The molecule has 2 N–H and O–H groups in total. The van der Waals surface area contributed by atoms with Crippen molar-refractivity contribution >= 4 is 10.2 Å². The number of hydrogen-bond acceptors (Lipinski definition) is 4. The molecule has 1 fully saturated rings. The maximum absolute atomic E-state index is 12.3. The fourth-order valence-corrected chi connectivity index (χ4v) is 3.73. The maximum atomic E-state index is 12.3. The summed E-state index contributed by atoms with van der Waals surface area (Å²) in [6.07, 6.45) is 3.05. The summed E-state index contributed by atoms with van der Waals surface area (Å²) in [5.74, 6) is 0.217. The smallest absolute Gasteiger partial charge is 0.280 e. The van der Waals surface area contributed by atoms with Gasteiger partial charge in [-0.2, -0.15) is 17.4 Å². The topological polar surface area (TPSA) is 82.5 Å². The Labute approximate surface area is 120 Å². The summed E-state index contributed by atoms with van der Waals surface area (Å²) in [7, 11) is -3.50. The van der Waals surface area contributed by atoms with E-state index in [9.17, 15) is 8.42 Å². The van der Waals surface area contributed by atoms with Gasteiger partial charge in [0.15, 0.2) is 0 Å². The summed E-state index contributed by atoms with van der Waals surface area (Å²) in [5.41, 5.74) is 0.696. The molecule has 0 radical (unpaired) electrons. The predicted molar refractivity (Wildman–Crippen MR) is 76.1 cm³/mol. The molecule has 1 aliphatic heterocycles. The molecule has 2 heterocycles. The van der Waals surface area contributed by atoms with Crippen LogP contribution in [0, 0.1) is 5.92 Å². The quantitative estimate of drug-likeness (QED) is 0.837. The molecule has 2 rings (SSSR count). The van der Waals surface area contributed by atoms with Gasteiger partial charge in [-0.05, 0) is 37.8 Å². The van der Waals surface area contributed by atoms with Gasteiger partial charge in [0.2, 0.25) is 0 Å². The minimum Gasteiger partial charge on any atom is -0.396 e. The lowest BCUT2D eigenvalue weighted by Gasteiger charge is -2.31. The molecule has 0 saturated carbocycles. The number of nitrogens with zero attached hydrogens (tertiary/aromatic N) is 2. The van der Waals surface area contributed by atoms with Gasteiger partial charge >= 0.3 is 0 Å². The number of aliphatic hydroxyl groups excluding tert-OH is 1. The van der Waals surface area contributed by atoms with Crippen LogP contribution in [0.5, 0.6) is 0 Å². The highest BCUT2D eigenvalue weighted by molar-refractivity contribution is 7.87. The number of hydrogen-bond donors (Lipinski definition) is 2. The molecule has 1 aliphatic rings. The summed E-state index contributed by atoms with van der Waals surface area (Å²) in [4.78, 5) is 4.15. The van der Waals surface area contributed by atoms with Crippen molar-refractivity contribution in [2.75, 3.05) is 19.7 Å². The fraction of sp³-hybridized carbons (Fsp3) is 0.615. The minimum absolute atomic E-state index is 0.131. The Morgan fingerprint density at radius 2 is 2.15 bits per heavy atom. The van der Waals surface area contributed by atoms with Crippen LogP contribution >= 0.6 is 0 Å². The van der Waals surface area contributed by atoms with Gasteiger partial charge in [0, 0.05) is 25.9 Å². The largest absolute Gasteiger partial charge is 0.396 e. The molecule has 1 aromatic heterocycles. The van der Waals surface area contributed by atoms with E-state index in [1.807, 2.05) is 6.07 Å². The highest BCUT2D eigenvalue weighted by Crippen LogP contribution is 2.20. The van der Waals surface area contributed by atoms with E-state index < -0.39 is 10.2 Å². The van der Waals surface area contributed by atoms with Crippen molar-refractivity contribution in [3.63, 3.8) is 0 Å². The second-order valence-electron chi connectivity index (χ2n) is 5.12. The second-order valence-corrected chi connectivity index (χ2v) is 6.83. The monoisotopic (exact) mass is 299 g/mol. The van der Waals surface area contributed by atoms with Crippen molar-refractivity contribution in [3.05, 3.63) is 30.1 Å². The molecule has 0 bridgehead atoms. The van der Waals surface area contributed by atoms with Gasteiger partial charge in [-0.25, -0.2) is 0 Å². The molecule has 1 saturated heterocycles. The zero-order valence-corrected chi connectivity index (χ0v) is 12.4. The van der Waals surface area contributed by atoms with Crippen molar-refractivity contribution in [2.45, 2.75) is 25.8 Å². The third-order valence-corrected chi connectivity index (χ3v) is 5.33. The molecular weight excluding hydrogens is 278 g/mol. The van der Waals surface area contributed by atoms with Crippen molar-refractivity contribution in [1.82, 2.24) is 14.0 Å². The summed E-state index contributed by atoms with van der Waals surface area (Å²) in [6.45, 7) is 2.82. The average molecular weight is 299 g/mol. The average Bonchev–Trinajstić information content (AvgIpc) is 2.48. The Balaban J connectivity index is 1.98. The van der Waals surface area contributed by atoms with Gasteiger partial charge in [-0.15, -0.1) is 0 Å². The van der Waals surface area contributed by atoms with Gasteiger partial charge in [0.1, 0.15) is 0 Å². The van der Waals surface area contributed by atoms with Crippen molar-refractivity contribution in [1.29, 1.82) is 0 Å². The van der Waals surface area contributed by atoms with Crippen molar-refractivity contribution < 1.29 is 13.5 Å². The van der Waals surface area contributed by atoms with E-state index in [0.717, 1.165) is 0 Å². The molecule has 0 aromatic carbocycles. The standard InChI is InChI=1S/C13H21N3O3S/c1-11(13-4-2-3-7-14-13)15-20(18,19)16-8-5-12(10-17)6-9-16/h2-4,7,11-12,15,17H,5-6,8-10H2,1H3. The van der Waals surface area contributed by atoms with Gasteiger partial charge in [-0.3, -0.25) is 4.98 Å². The number of rotatable bonds is 5. The highest BCUT2D eigenvalue weighted by atomic mass is 32.2. The third-order valence-electron chi connectivity index (χ3n) is 3.63. The van der Waals surface area contributed by atoms with E-state index in [1.165, 1.54) is 4.31 Å². The molecule has 1 unspecified atom stereocenters. The first-order valence-corrected chi connectivity index (χ1v) is 8.26. The van der Waals surface area contributed by atoms with Crippen molar-refractivity contribution in [3.8, 4) is 0 Å². The zero-order valence-electron chi connectivity index (χ0n) is 11.6. The maximum Gasteiger partial charge on any atom is 0.280 e. The molecule has 6 nitrogen and oxygen atoms in total. The lowest BCUT2D eigenvalue weighted by molar-refractivity contribution is 0.169. The first-order chi connectivity index (χ1) is 9.53. The SMILES string of the molecule is CC(NS(=O)(=O)N1CCC(CO)CC1)c1ccccn1. The Morgan fingerprint density at radius 1 is 1.45 bits per heavy atom. The lowest BCUT2D eigenvalue weighted by atomic mass is 10.00. The number of aromatic nitrogens is 1. The van der Waals surface area contributed by atoms with Crippen molar-refractivity contribution in [2.24, 2.45) is 5.92 Å². The molecule has 1 atom stereocenters. The molecule has 1 aromatic rings. The van der Waals surface area contributed by atoms with E-state index in [0.29, 0.717) is 31.6 Å². The van der Waals surface area contributed by atoms with Crippen LogP contribution in [0.2, 0.25) is 0 Å². The van der Waals surface area contributed by atoms with Crippen LogP contribution in [0.3, 0.4) is 0 Å². The molecule has 0 amide bonds. The van der Waals surface area contributed by atoms with Gasteiger partial charge in [0.25, 0.3) is 10.2 Å². The number of aliphatic hydroxyl groups is 1. The molecule has 0 spiro atoms. The first kappa shape index (κ1) is 15.4.